The highest BCUT2D eigenvalue weighted by molar-refractivity contribution is 9.11. The lowest BCUT2D eigenvalue weighted by molar-refractivity contribution is -0.142. The molecule has 2 rings (SSSR count). The standard InChI is InChI=1S/C14H17BrO3S/c1-3-8-5-9(10(6-8)14(17)18)12(16)11-4-7(2)13(15)19-11/h4,8-10H,3,5-6H2,1-2H3,(H,17,18). The average Bonchev–Trinajstić information content (AvgIpc) is 2.93. The molecule has 0 aromatic carbocycles. The van der Waals surface area contributed by atoms with Crippen LogP contribution in [0.5, 0.6) is 0 Å². The maximum absolute atomic E-state index is 12.5. The van der Waals surface area contributed by atoms with Gasteiger partial charge in [-0.05, 0) is 53.2 Å². The monoisotopic (exact) mass is 344 g/mol. The van der Waals surface area contributed by atoms with Crippen LogP contribution < -0.4 is 0 Å². The number of ketones is 1. The van der Waals surface area contributed by atoms with Crippen molar-refractivity contribution in [1.29, 1.82) is 0 Å². The molecule has 19 heavy (non-hydrogen) atoms. The van der Waals surface area contributed by atoms with Gasteiger partial charge >= 0.3 is 5.97 Å². The summed E-state index contributed by atoms with van der Waals surface area (Å²) < 4.78 is 0.952. The zero-order valence-electron chi connectivity index (χ0n) is 11.0. The molecule has 0 radical (unpaired) electrons. The van der Waals surface area contributed by atoms with Crippen molar-refractivity contribution >= 4 is 39.0 Å². The van der Waals surface area contributed by atoms with E-state index in [2.05, 4.69) is 22.9 Å². The molecule has 1 heterocycles. The molecule has 104 valence electrons. The average molecular weight is 345 g/mol. The van der Waals surface area contributed by atoms with Gasteiger partial charge in [0.25, 0.3) is 0 Å². The maximum Gasteiger partial charge on any atom is 0.307 e. The van der Waals surface area contributed by atoms with Gasteiger partial charge in [-0.1, -0.05) is 13.3 Å². The molecule has 1 aliphatic carbocycles. The van der Waals surface area contributed by atoms with Crippen molar-refractivity contribution in [2.75, 3.05) is 0 Å². The van der Waals surface area contributed by atoms with Crippen LogP contribution in [0.1, 0.15) is 41.4 Å². The summed E-state index contributed by atoms with van der Waals surface area (Å²) in [5.74, 6) is -1.34. The van der Waals surface area contributed by atoms with Gasteiger partial charge in [-0.2, -0.15) is 0 Å². The molecule has 1 aromatic rings. The first-order chi connectivity index (χ1) is 8.93. The van der Waals surface area contributed by atoms with Crippen LogP contribution >= 0.6 is 27.3 Å². The van der Waals surface area contributed by atoms with Crippen LogP contribution in [0.2, 0.25) is 0 Å². The molecule has 3 unspecified atom stereocenters. The Hall–Kier alpha value is -0.680. The molecule has 0 amide bonds. The number of carboxylic acid groups (broad SMARTS) is 1. The van der Waals surface area contributed by atoms with Gasteiger partial charge in [-0.25, -0.2) is 0 Å². The van der Waals surface area contributed by atoms with Crippen molar-refractivity contribution < 1.29 is 14.7 Å². The first-order valence-electron chi connectivity index (χ1n) is 6.47. The third-order valence-corrected chi connectivity index (χ3v) is 6.14. The van der Waals surface area contributed by atoms with Gasteiger partial charge in [0.15, 0.2) is 5.78 Å². The van der Waals surface area contributed by atoms with Gasteiger partial charge in [-0.3, -0.25) is 9.59 Å². The summed E-state index contributed by atoms with van der Waals surface area (Å²) >= 11 is 4.82. The summed E-state index contributed by atoms with van der Waals surface area (Å²) in [4.78, 5) is 24.5. The number of aryl methyl sites for hydroxylation is 1. The van der Waals surface area contributed by atoms with Crippen molar-refractivity contribution in [3.63, 3.8) is 0 Å². The van der Waals surface area contributed by atoms with Gasteiger partial charge < -0.3 is 5.11 Å². The Bertz CT molecular complexity index is 489. The minimum Gasteiger partial charge on any atom is -0.481 e. The van der Waals surface area contributed by atoms with E-state index in [-0.39, 0.29) is 11.7 Å². The molecular weight excluding hydrogens is 328 g/mol. The second-order valence-corrected chi connectivity index (χ2v) is 7.60. The van der Waals surface area contributed by atoms with Crippen LogP contribution in [-0.4, -0.2) is 16.9 Å². The predicted molar refractivity (Wildman–Crippen MR) is 78.7 cm³/mol. The van der Waals surface area contributed by atoms with Crippen LogP contribution in [0.25, 0.3) is 0 Å². The molecule has 3 nitrogen and oxygen atoms in total. The zero-order chi connectivity index (χ0) is 14.2. The van der Waals surface area contributed by atoms with Crippen molar-refractivity contribution in [3.8, 4) is 0 Å². The fourth-order valence-electron chi connectivity index (χ4n) is 2.80. The fourth-order valence-corrected chi connectivity index (χ4v) is 4.34. The highest BCUT2D eigenvalue weighted by Gasteiger charge is 2.42. The molecule has 5 heteroatoms. The molecule has 0 spiro atoms. The molecule has 1 N–H and O–H groups in total. The zero-order valence-corrected chi connectivity index (χ0v) is 13.4. The Kier molecular flexibility index (Phi) is 4.46. The van der Waals surface area contributed by atoms with Crippen LogP contribution in [-0.2, 0) is 4.79 Å². The number of hydrogen-bond donors (Lipinski definition) is 1. The molecule has 1 aromatic heterocycles. The lowest BCUT2D eigenvalue weighted by atomic mass is 9.91. The van der Waals surface area contributed by atoms with E-state index in [1.807, 2.05) is 13.0 Å². The van der Waals surface area contributed by atoms with Gasteiger partial charge in [0.1, 0.15) is 0 Å². The van der Waals surface area contributed by atoms with E-state index in [1.165, 1.54) is 11.3 Å². The normalized spacial score (nSPS) is 26.6. The first-order valence-corrected chi connectivity index (χ1v) is 8.07. The van der Waals surface area contributed by atoms with Crippen molar-refractivity contribution in [1.82, 2.24) is 0 Å². The molecule has 0 bridgehead atoms. The third-order valence-electron chi connectivity index (χ3n) is 3.99. The Morgan fingerprint density at radius 1 is 1.42 bits per heavy atom. The van der Waals surface area contributed by atoms with Crippen molar-refractivity contribution in [2.24, 2.45) is 17.8 Å². The Morgan fingerprint density at radius 3 is 2.53 bits per heavy atom. The number of carboxylic acids is 1. The topological polar surface area (TPSA) is 54.4 Å². The molecule has 3 atom stereocenters. The van der Waals surface area contributed by atoms with E-state index in [0.29, 0.717) is 23.6 Å². The van der Waals surface area contributed by atoms with Crippen molar-refractivity contribution in [2.45, 2.75) is 33.1 Å². The first kappa shape index (κ1) is 14.7. The Balaban J connectivity index is 2.23. The van der Waals surface area contributed by atoms with E-state index in [4.69, 9.17) is 0 Å². The SMILES string of the molecule is CCC1CC(C(=O)O)C(C(=O)c2cc(C)c(Br)s2)C1. The minimum atomic E-state index is -0.832. The second-order valence-electron chi connectivity index (χ2n) is 5.23. The number of Topliss-reactive ketones (excluding diaryl/α,β-unsaturated/α-hetero) is 1. The third kappa shape index (κ3) is 2.92. The summed E-state index contributed by atoms with van der Waals surface area (Å²) in [5, 5.41) is 9.29. The molecule has 1 saturated carbocycles. The van der Waals surface area contributed by atoms with E-state index in [9.17, 15) is 14.7 Å². The number of hydrogen-bond acceptors (Lipinski definition) is 3. The summed E-state index contributed by atoms with van der Waals surface area (Å²) in [7, 11) is 0. The van der Waals surface area contributed by atoms with Gasteiger partial charge in [-0.15, -0.1) is 11.3 Å². The van der Waals surface area contributed by atoms with Gasteiger partial charge in [0.2, 0.25) is 0 Å². The van der Waals surface area contributed by atoms with E-state index in [1.54, 1.807) is 0 Å². The lowest BCUT2D eigenvalue weighted by Gasteiger charge is -2.12. The molecule has 1 aliphatic rings. The van der Waals surface area contributed by atoms with E-state index >= 15 is 0 Å². The van der Waals surface area contributed by atoms with Crippen LogP contribution in [0.3, 0.4) is 0 Å². The number of rotatable bonds is 4. The number of halogens is 1. The summed E-state index contributed by atoms with van der Waals surface area (Å²) in [5.41, 5.74) is 1.03. The lowest BCUT2D eigenvalue weighted by Crippen LogP contribution is -2.24. The van der Waals surface area contributed by atoms with Gasteiger partial charge in [0, 0.05) is 5.92 Å². The maximum atomic E-state index is 12.5. The molecular formula is C14H17BrO3S. The number of carbonyl (C=O) groups is 2. The highest BCUT2D eigenvalue weighted by atomic mass is 79.9. The van der Waals surface area contributed by atoms with Crippen LogP contribution in [0.15, 0.2) is 9.85 Å². The Labute approximate surface area is 125 Å². The smallest absolute Gasteiger partial charge is 0.307 e. The largest absolute Gasteiger partial charge is 0.481 e. The Morgan fingerprint density at radius 2 is 2.05 bits per heavy atom. The number of aliphatic carboxylic acids is 1. The van der Waals surface area contributed by atoms with Crippen LogP contribution in [0.4, 0.5) is 0 Å². The number of carbonyl (C=O) groups excluding carboxylic acids is 1. The summed E-state index contributed by atoms with van der Waals surface area (Å²) in [6.07, 6.45) is 2.29. The van der Waals surface area contributed by atoms with Crippen molar-refractivity contribution in [3.05, 3.63) is 20.3 Å². The summed E-state index contributed by atoms with van der Waals surface area (Å²) in [6, 6.07) is 1.86. The van der Waals surface area contributed by atoms with E-state index in [0.717, 1.165) is 15.8 Å². The fraction of sp³-hybridized carbons (Fsp3) is 0.571. The molecule has 0 saturated heterocycles. The molecule has 1 fully saturated rings. The highest BCUT2D eigenvalue weighted by Crippen LogP contribution is 2.41. The van der Waals surface area contributed by atoms with Crippen LogP contribution in [0, 0.1) is 24.7 Å². The molecule has 0 aliphatic heterocycles. The second kappa shape index (κ2) is 5.75. The van der Waals surface area contributed by atoms with E-state index < -0.39 is 11.9 Å². The number of thiophene rings is 1. The predicted octanol–water partition coefficient (Wildman–Crippen LogP) is 4.14. The summed E-state index contributed by atoms with van der Waals surface area (Å²) in [6.45, 7) is 4.00. The quantitative estimate of drug-likeness (QED) is 0.835. The van der Waals surface area contributed by atoms with Gasteiger partial charge in [0.05, 0.1) is 14.6 Å². The minimum absolute atomic E-state index is 0.00199.